The first kappa shape index (κ1) is 75.9. The Balaban J connectivity index is 0.896. The van der Waals surface area contributed by atoms with Crippen molar-refractivity contribution < 1.29 is 151 Å². The molecule has 10 rings (SSSR count). The third-order valence-electron chi connectivity index (χ3n) is 22.9. The summed E-state index contributed by atoms with van der Waals surface area (Å²) in [7, 11) is -4.89. The first-order valence-corrected chi connectivity index (χ1v) is 34.8. The van der Waals surface area contributed by atoms with Gasteiger partial charge in [-0.3, -0.25) is 4.55 Å². The molecule has 95 heavy (non-hydrogen) atoms. The minimum absolute atomic E-state index is 0.0695. The number of fused-ring (bicyclic) bond motifs is 5. The van der Waals surface area contributed by atoms with E-state index in [0.717, 1.165) is 18.4 Å². The van der Waals surface area contributed by atoms with E-state index in [9.17, 15) is 89.6 Å². The van der Waals surface area contributed by atoms with E-state index < -0.39 is 231 Å². The van der Waals surface area contributed by atoms with E-state index in [1.54, 1.807) is 0 Å². The number of allylic oxidation sites excluding steroid dienone is 3. The lowest BCUT2D eigenvalue weighted by Gasteiger charge is -2.60. The van der Waals surface area contributed by atoms with Gasteiger partial charge >= 0.3 is 10.4 Å². The summed E-state index contributed by atoms with van der Waals surface area (Å²) in [6.45, 7) is 18.8. The highest BCUT2D eigenvalue weighted by molar-refractivity contribution is 7.80. The summed E-state index contributed by atoms with van der Waals surface area (Å²) in [6.07, 6.45) is -44.8. The maximum atomic E-state index is 12.5. The molecule has 9 fully saturated rings. The molecule has 0 aromatic heterocycles. The highest BCUT2D eigenvalue weighted by Gasteiger charge is 2.64. The lowest BCUT2D eigenvalue weighted by atomic mass is 9.47. The standard InChI is InChI=1S/C63H104O31S/c1-23(2)24(3)13-18-63(10,78)37-12-11-31-30-20-34(33-19-29(94-95(79,80)81)14-16-61(33,8)32(30)15-17-62(31,37)9)87-57-49(76)52(41(68)27(6)84-57)91-59-53(92-55-47(74)44(71)38(65)25(4)83-55)43(70)36(22-82-59)89-60-54(46(73)39(66)26(5)86-60)93-58-50(77)51(40(67)28(7)85-58)90-56-48(75)45(72)42(69)35(21-64)88-56/h15,23,25-31,33-60,64-78H,3,11-14,16-22H2,1-2,4-10H3,(H,79,80,81). The largest absolute Gasteiger partial charge is 0.397 e. The number of hydrogen-bond donors (Lipinski definition) is 16. The number of aliphatic hydroxyl groups excluding tert-OH is 14. The monoisotopic (exact) mass is 1390 g/mol. The molecule has 0 spiro atoms. The predicted octanol–water partition coefficient (Wildman–Crippen LogP) is -2.84. The Bertz CT molecular complexity index is 2730. The van der Waals surface area contributed by atoms with Crippen LogP contribution in [0, 0.1) is 40.4 Å². The summed E-state index contributed by atoms with van der Waals surface area (Å²) in [5.74, 6) is -0.336. The molecule has 32 heteroatoms. The highest BCUT2D eigenvalue weighted by atomic mass is 32.3. The number of aliphatic hydroxyl groups is 15. The topological polar surface area (TPSA) is 478 Å². The summed E-state index contributed by atoms with van der Waals surface area (Å²) in [6, 6.07) is 0. The van der Waals surface area contributed by atoms with Crippen LogP contribution in [0.4, 0.5) is 0 Å². The van der Waals surface area contributed by atoms with E-state index in [1.165, 1.54) is 33.3 Å². The molecule has 0 amide bonds. The van der Waals surface area contributed by atoms with Gasteiger partial charge in [-0.2, -0.15) is 8.42 Å². The van der Waals surface area contributed by atoms with Crippen LogP contribution in [0.15, 0.2) is 23.8 Å². The molecule has 6 saturated heterocycles. The van der Waals surface area contributed by atoms with Gasteiger partial charge in [0.25, 0.3) is 0 Å². The van der Waals surface area contributed by atoms with Gasteiger partial charge in [0.15, 0.2) is 37.7 Å². The molecule has 0 radical (unpaired) electrons. The third kappa shape index (κ3) is 15.1. The minimum Gasteiger partial charge on any atom is -0.394 e. The molecule has 38 atom stereocenters. The van der Waals surface area contributed by atoms with Crippen LogP contribution in [-0.4, -0.2) is 299 Å². The zero-order valence-corrected chi connectivity index (χ0v) is 55.9. The third-order valence-corrected chi connectivity index (χ3v) is 23.5. The van der Waals surface area contributed by atoms with Crippen LogP contribution < -0.4 is 0 Å². The Morgan fingerprint density at radius 1 is 0.589 bits per heavy atom. The van der Waals surface area contributed by atoms with E-state index in [1.807, 2.05) is 6.92 Å². The fraction of sp³-hybridized carbons (Fsp3) is 0.937. The zero-order valence-electron chi connectivity index (χ0n) is 55.0. The smallest absolute Gasteiger partial charge is 0.394 e. The molecule has 3 saturated carbocycles. The SMILES string of the molecule is C=C(CCC(C)(O)C1CCC2C3CC(OC4OC(C)C(O)C(OC5OCC(OC6OC(C)C(O)C(O)C6OC6OC(C)C(O)C(OC7OC(CO)C(O)C(O)C7O)C6O)C(O)C5OC5OC(C)C(O)C(O)C5O)C4O)C4CC(OS(=O)(=O)O)CCC4(C)C3=CCC21C)C(C)C. The molecule has 0 bridgehead atoms. The summed E-state index contributed by atoms with van der Waals surface area (Å²) in [5, 5.41) is 169. The van der Waals surface area contributed by atoms with Gasteiger partial charge in [-0.1, -0.05) is 51.5 Å². The molecule has 38 unspecified atom stereocenters. The van der Waals surface area contributed by atoms with Gasteiger partial charge in [-0.05, 0) is 133 Å². The molecular formula is C63H104O31S. The molecule has 16 N–H and O–H groups in total. The second kappa shape index (κ2) is 29.6. The fourth-order valence-corrected chi connectivity index (χ4v) is 17.5. The second-order valence-corrected chi connectivity index (χ2v) is 30.5. The average Bonchev–Trinajstić information content (AvgIpc) is 1.68. The molecule has 6 aliphatic heterocycles. The van der Waals surface area contributed by atoms with Crippen LogP contribution in [0.25, 0.3) is 0 Å². The normalized spacial score (nSPS) is 52.0. The van der Waals surface area contributed by atoms with Crippen molar-refractivity contribution in [1.29, 1.82) is 0 Å². The predicted molar refractivity (Wildman–Crippen MR) is 321 cm³/mol. The van der Waals surface area contributed by atoms with E-state index in [-0.39, 0.29) is 41.9 Å². The molecule has 31 nitrogen and oxygen atoms in total. The van der Waals surface area contributed by atoms with Gasteiger partial charge in [-0.15, -0.1) is 0 Å². The molecule has 10 aliphatic rings. The van der Waals surface area contributed by atoms with E-state index in [4.69, 9.17) is 61.0 Å². The van der Waals surface area contributed by atoms with Crippen LogP contribution >= 0.6 is 0 Å². The van der Waals surface area contributed by atoms with Crippen LogP contribution in [0.5, 0.6) is 0 Å². The van der Waals surface area contributed by atoms with E-state index in [0.29, 0.717) is 32.1 Å². The number of rotatable bonds is 20. The lowest BCUT2D eigenvalue weighted by Crippen LogP contribution is -2.67. The molecule has 4 aliphatic carbocycles. The maximum absolute atomic E-state index is 12.5. The fourth-order valence-electron chi connectivity index (χ4n) is 17.0. The Kier molecular flexibility index (Phi) is 23.6. The van der Waals surface area contributed by atoms with Crippen molar-refractivity contribution in [3.63, 3.8) is 0 Å². The van der Waals surface area contributed by atoms with Crippen molar-refractivity contribution in [1.82, 2.24) is 0 Å². The van der Waals surface area contributed by atoms with Gasteiger partial charge in [-0.25, -0.2) is 4.18 Å². The van der Waals surface area contributed by atoms with Crippen LogP contribution in [0.2, 0.25) is 0 Å². The average molecular weight is 1390 g/mol. The lowest BCUT2D eigenvalue weighted by molar-refractivity contribution is -0.401. The van der Waals surface area contributed by atoms with Crippen LogP contribution in [-0.2, 0) is 71.4 Å². The van der Waals surface area contributed by atoms with Crippen LogP contribution in [0.1, 0.15) is 120 Å². The van der Waals surface area contributed by atoms with Gasteiger partial charge in [0.2, 0.25) is 0 Å². The zero-order chi connectivity index (χ0) is 69.6. The molecular weight excluding hydrogens is 1280 g/mol. The Morgan fingerprint density at radius 3 is 1.66 bits per heavy atom. The quantitative estimate of drug-likeness (QED) is 0.0431. The molecule has 548 valence electrons. The Labute approximate surface area is 552 Å². The van der Waals surface area contributed by atoms with Crippen molar-refractivity contribution in [2.75, 3.05) is 13.2 Å². The second-order valence-electron chi connectivity index (χ2n) is 29.5. The number of ether oxygens (including phenoxy) is 12. The van der Waals surface area contributed by atoms with Gasteiger partial charge in [0.05, 0.1) is 55.4 Å². The summed E-state index contributed by atoms with van der Waals surface area (Å²) in [4.78, 5) is 0. The molecule has 0 aromatic rings. The Morgan fingerprint density at radius 2 is 1.08 bits per heavy atom. The van der Waals surface area contributed by atoms with Gasteiger partial charge in [0.1, 0.15) is 116 Å². The first-order chi connectivity index (χ1) is 44.4. The molecule has 0 aromatic carbocycles. The van der Waals surface area contributed by atoms with Crippen molar-refractivity contribution in [2.45, 2.75) is 316 Å². The van der Waals surface area contributed by atoms with Crippen LogP contribution in [0.3, 0.4) is 0 Å². The molecule has 6 heterocycles. The van der Waals surface area contributed by atoms with Gasteiger partial charge in [0, 0.05) is 0 Å². The summed E-state index contributed by atoms with van der Waals surface area (Å²) in [5.41, 5.74) is 0.258. The van der Waals surface area contributed by atoms with E-state index in [2.05, 4.69) is 40.3 Å². The van der Waals surface area contributed by atoms with Crippen molar-refractivity contribution >= 4 is 10.4 Å². The van der Waals surface area contributed by atoms with Crippen molar-refractivity contribution in [2.24, 2.45) is 40.4 Å². The maximum Gasteiger partial charge on any atom is 0.397 e. The minimum atomic E-state index is -4.89. The summed E-state index contributed by atoms with van der Waals surface area (Å²) < 4.78 is 113. The van der Waals surface area contributed by atoms with E-state index >= 15 is 0 Å². The first-order valence-electron chi connectivity index (χ1n) is 33.4. The van der Waals surface area contributed by atoms with Crippen molar-refractivity contribution in [3.8, 4) is 0 Å². The summed E-state index contributed by atoms with van der Waals surface area (Å²) >= 11 is 0. The number of hydrogen-bond acceptors (Lipinski definition) is 30. The highest BCUT2D eigenvalue weighted by Crippen LogP contribution is 2.68. The van der Waals surface area contributed by atoms with Gasteiger partial charge < -0.3 is 133 Å². The Hall–Kier alpha value is -1.73. The van der Waals surface area contributed by atoms with Crippen molar-refractivity contribution in [3.05, 3.63) is 23.8 Å².